The van der Waals surface area contributed by atoms with E-state index in [2.05, 4.69) is 4.90 Å². The van der Waals surface area contributed by atoms with Crippen LogP contribution < -0.4 is 10.5 Å². The summed E-state index contributed by atoms with van der Waals surface area (Å²) < 4.78 is 5.88. The maximum Gasteiger partial charge on any atom is 0.220 e. The molecule has 2 atom stereocenters. The Balaban J connectivity index is 1.75. The molecule has 0 radical (unpaired) electrons. The van der Waals surface area contributed by atoms with E-state index in [-0.39, 0.29) is 17.9 Å². The van der Waals surface area contributed by atoms with E-state index in [1.165, 1.54) is 5.56 Å². The topological polar surface area (TPSA) is 75.8 Å². The van der Waals surface area contributed by atoms with Crippen molar-refractivity contribution in [2.24, 2.45) is 11.7 Å². The number of nitrogens with two attached hydrogens (primary N) is 1. The molecule has 5 nitrogen and oxygen atoms in total. The number of rotatable bonds is 2. The Labute approximate surface area is 131 Å². The molecule has 120 valence electrons. The van der Waals surface area contributed by atoms with Gasteiger partial charge in [0.1, 0.15) is 18.5 Å². The molecule has 0 spiro atoms. The molecule has 22 heavy (non-hydrogen) atoms. The lowest BCUT2D eigenvalue weighted by atomic mass is 9.91. The maximum absolute atomic E-state index is 11.3. The number of aliphatic hydroxyl groups is 1. The molecule has 3 rings (SSSR count). The number of hydrogen-bond acceptors (Lipinski definition) is 4. The van der Waals surface area contributed by atoms with Gasteiger partial charge in [0.05, 0.1) is 6.04 Å². The van der Waals surface area contributed by atoms with Crippen molar-refractivity contribution in [3.8, 4) is 5.75 Å². The lowest BCUT2D eigenvalue weighted by Crippen LogP contribution is -2.50. The number of fused-ring (bicyclic) bond motifs is 1. The van der Waals surface area contributed by atoms with Crippen LogP contribution in [0.15, 0.2) is 12.1 Å². The van der Waals surface area contributed by atoms with E-state index in [0.717, 1.165) is 42.8 Å². The second-order valence-corrected chi connectivity index (χ2v) is 6.51. The first kappa shape index (κ1) is 15.3. The number of nitrogens with zero attached hydrogens (tertiary/aromatic N) is 1. The number of aryl methyl sites for hydroxylation is 2. The van der Waals surface area contributed by atoms with Gasteiger partial charge in [0.25, 0.3) is 0 Å². The van der Waals surface area contributed by atoms with Crippen LogP contribution in [-0.4, -0.2) is 41.7 Å². The lowest BCUT2D eigenvalue weighted by molar-refractivity contribution is -0.123. The number of likely N-dealkylation sites (tertiary alicyclic amines) is 1. The van der Waals surface area contributed by atoms with Crippen LogP contribution in [0.5, 0.6) is 5.75 Å². The van der Waals surface area contributed by atoms with Gasteiger partial charge in [-0.3, -0.25) is 9.69 Å². The molecule has 1 amide bonds. The second-order valence-electron chi connectivity index (χ2n) is 6.51. The molecule has 0 saturated carbocycles. The molecule has 1 fully saturated rings. The standard InChI is InChI=1S/C17H24N2O3/c1-10-7-13-15(8-11(10)2)22-9-14(16(13)20)19-5-3-12(4-6-19)17(18)21/h7-8,12,14,16,20H,3-6,9H2,1-2H3,(H2,18,21). The van der Waals surface area contributed by atoms with Crippen LogP contribution in [0, 0.1) is 19.8 Å². The molecular formula is C17H24N2O3. The third-order valence-electron chi connectivity index (χ3n) is 5.12. The lowest BCUT2D eigenvalue weighted by Gasteiger charge is -2.41. The predicted octanol–water partition coefficient (Wildman–Crippen LogP) is 1.30. The number of piperidine rings is 1. The summed E-state index contributed by atoms with van der Waals surface area (Å²) >= 11 is 0. The molecule has 0 aliphatic carbocycles. The SMILES string of the molecule is Cc1cc2c(cc1C)C(O)C(N1CCC(C(N)=O)CC1)CO2. The van der Waals surface area contributed by atoms with Crippen LogP contribution in [0.1, 0.15) is 35.6 Å². The van der Waals surface area contributed by atoms with E-state index < -0.39 is 6.10 Å². The minimum Gasteiger partial charge on any atom is -0.491 e. The summed E-state index contributed by atoms with van der Waals surface area (Å²) in [4.78, 5) is 13.5. The summed E-state index contributed by atoms with van der Waals surface area (Å²) in [5.74, 6) is 0.547. The number of carbonyl (C=O) groups is 1. The summed E-state index contributed by atoms with van der Waals surface area (Å²) in [7, 11) is 0. The largest absolute Gasteiger partial charge is 0.491 e. The molecule has 2 heterocycles. The van der Waals surface area contributed by atoms with Crippen molar-refractivity contribution in [1.29, 1.82) is 0 Å². The smallest absolute Gasteiger partial charge is 0.220 e. The molecule has 2 unspecified atom stereocenters. The molecule has 1 aromatic carbocycles. The second kappa shape index (κ2) is 5.89. The fourth-order valence-electron chi connectivity index (χ4n) is 3.46. The number of primary amides is 1. The fourth-order valence-corrected chi connectivity index (χ4v) is 3.46. The highest BCUT2D eigenvalue weighted by molar-refractivity contribution is 5.76. The van der Waals surface area contributed by atoms with E-state index >= 15 is 0 Å². The Morgan fingerprint density at radius 2 is 1.91 bits per heavy atom. The van der Waals surface area contributed by atoms with E-state index in [0.29, 0.717) is 6.61 Å². The van der Waals surface area contributed by atoms with Crippen LogP contribution in [-0.2, 0) is 4.79 Å². The van der Waals surface area contributed by atoms with Crippen LogP contribution in [0.4, 0.5) is 0 Å². The highest BCUT2D eigenvalue weighted by Crippen LogP contribution is 2.37. The van der Waals surface area contributed by atoms with E-state index in [1.807, 2.05) is 26.0 Å². The van der Waals surface area contributed by atoms with E-state index in [9.17, 15) is 9.90 Å². The fraction of sp³-hybridized carbons (Fsp3) is 0.588. The highest BCUT2D eigenvalue weighted by atomic mass is 16.5. The van der Waals surface area contributed by atoms with Crippen molar-refractivity contribution in [3.63, 3.8) is 0 Å². The quantitative estimate of drug-likeness (QED) is 0.863. The van der Waals surface area contributed by atoms with Crippen molar-refractivity contribution in [3.05, 3.63) is 28.8 Å². The highest BCUT2D eigenvalue weighted by Gasteiger charge is 2.36. The Morgan fingerprint density at radius 1 is 1.27 bits per heavy atom. The molecule has 2 aliphatic heterocycles. The predicted molar refractivity (Wildman–Crippen MR) is 83.7 cm³/mol. The number of ether oxygens (including phenoxy) is 1. The van der Waals surface area contributed by atoms with Gasteiger partial charge >= 0.3 is 0 Å². The normalized spacial score (nSPS) is 26.3. The molecule has 5 heteroatoms. The van der Waals surface area contributed by atoms with Crippen molar-refractivity contribution in [2.75, 3.05) is 19.7 Å². The van der Waals surface area contributed by atoms with Crippen molar-refractivity contribution in [1.82, 2.24) is 4.90 Å². The van der Waals surface area contributed by atoms with Gasteiger partial charge in [-0.2, -0.15) is 0 Å². The Bertz CT molecular complexity index is 580. The van der Waals surface area contributed by atoms with Crippen LogP contribution in [0.25, 0.3) is 0 Å². The molecule has 3 N–H and O–H groups in total. The molecule has 1 saturated heterocycles. The first-order chi connectivity index (χ1) is 10.5. The van der Waals surface area contributed by atoms with Gasteiger partial charge in [0, 0.05) is 11.5 Å². The summed E-state index contributed by atoms with van der Waals surface area (Å²) in [6.07, 6.45) is 0.976. The number of carbonyl (C=O) groups excluding carboxylic acids is 1. The van der Waals surface area contributed by atoms with Crippen LogP contribution in [0.2, 0.25) is 0 Å². The van der Waals surface area contributed by atoms with E-state index in [4.69, 9.17) is 10.5 Å². The van der Waals surface area contributed by atoms with Crippen molar-refractivity contribution < 1.29 is 14.6 Å². The molecule has 0 aromatic heterocycles. The van der Waals surface area contributed by atoms with Crippen molar-refractivity contribution in [2.45, 2.75) is 38.8 Å². The first-order valence-corrected chi connectivity index (χ1v) is 7.92. The van der Waals surface area contributed by atoms with Gasteiger partial charge in [-0.25, -0.2) is 0 Å². The summed E-state index contributed by atoms with van der Waals surface area (Å²) in [6, 6.07) is 3.98. The molecule has 1 aromatic rings. The zero-order valence-corrected chi connectivity index (χ0v) is 13.2. The number of amides is 1. The molecular weight excluding hydrogens is 280 g/mol. The Morgan fingerprint density at radius 3 is 2.55 bits per heavy atom. The Hall–Kier alpha value is -1.59. The third kappa shape index (κ3) is 2.71. The first-order valence-electron chi connectivity index (χ1n) is 7.92. The average molecular weight is 304 g/mol. The average Bonchev–Trinajstić information content (AvgIpc) is 2.50. The summed E-state index contributed by atoms with van der Waals surface area (Å²) in [5.41, 5.74) is 8.59. The third-order valence-corrected chi connectivity index (χ3v) is 5.12. The minimum atomic E-state index is -0.548. The van der Waals surface area contributed by atoms with Gasteiger partial charge in [-0.1, -0.05) is 0 Å². The van der Waals surface area contributed by atoms with Crippen molar-refractivity contribution >= 4 is 5.91 Å². The summed E-state index contributed by atoms with van der Waals surface area (Å²) in [6.45, 7) is 6.13. The van der Waals surface area contributed by atoms with Gasteiger partial charge < -0.3 is 15.6 Å². The van der Waals surface area contributed by atoms with Crippen LogP contribution >= 0.6 is 0 Å². The van der Waals surface area contributed by atoms with Gasteiger partial charge in [-0.05, 0) is 63.0 Å². The minimum absolute atomic E-state index is 0.0323. The van der Waals surface area contributed by atoms with Gasteiger partial charge in [-0.15, -0.1) is 0 Å². The van der Waals surface area contributed by atoms with Crippen LogP contribution in [0.3, 0.4) is 0 Å². The maximum atomic E-state index is 11.3. The monoisotopic (exact) mass is 304 g/mol. The summed E-state index contributed by atoms with van der Waals surface area (Å²) in [5, 5.41) is 10.8. The van der Waals surface area contributed by atoms with Gasteiger partial charge in [0.15, 0.2) is 0 Å². The number of aliphatic hydroxyl groups excluding tert-OH is 1. The van der Waals surface area contributed by atoms with E-state index in [1.54, 1.807) is 0 Å². The Kier molecular flexibility index (Phi) is 4.10. The number of hydrogen-bond donors (Lipinski definition) is 2. The van der Waals surface area contributed by atoms with Gasteiger partial charge in [0.2, 0.25) is 5.91 Å². The zero-order chi connectivity index (χ0) is 15.9. The molecule has 0 bridgehead atoms. The zero-order valence-electron chi connectivity index (χ0n) is 13.2. The molecule has 2 aliphatic rings. The number of benzene rings is 1.